The number of rotatable bonds is 3. The zero-order valence-electron chi connectivity index (χ0n) is 14.7. The molecular weight excluding hydrogens is 356 g/mol. The van der Waals surface area contributed by atoms with Gasteiger partial charge >= 0.3 is 0 Å². The highest BCUT2D eigenvalue weighted by molar-refractivity contribution is 7.13. The molecule has 0 saturated heterocycles. The Morgan fingerprint density at radius 2 is 1.96 bits per heavy atom. The van der Waals surface area contributed by atoms with Crippen molar-refractivity contribution in [1.29, 1.82) is 0 Å². The summed E-state index contributed by atoms with van der Waals surface area (Å²) in [6, 6.07) is 16.2. The van der Waals surface area contributed by atoms with Crippen molar-refractivity contribution >= 4 is 34.0 Å². The van der Waals surface area contributed by atoms with E-state index in [2.05, 4.69) is 11.1 Å². The number of fused-ring (bicyclic) bond motifs is 2. The van der Waals surface area contributed by atoms with Crippen LogP contribution in [-0.4, -0.2) is 27.0 Å². The number of imidazole rings is 1. The van der Waals surface area contributed by atoms with Gasteiger partial charge in [-0.25, -0.2) is 4.98 Å². The van der Waals surface area contributed by atoms with Crippen molar-refractivity contribution in [2.75, 3.05) is 11.4 Å². The molecule has 1 aliphatic rings. The summed E-state index contributed by atoms with van der Waals surface area (Å²) < 4.78 is 2.02. The maximum Gasteiger partial charge on any atom is 0.247 e. The first kappa shape index (κ1) is 16.2. The van der Waals surface area contributed by atoms with E-state index in [0.29, 0.717) is 0 Å². The SMILES string of the molecule is O=C(Cn1c(-c2cncs2)nc2ccccc21)N1CCCc2ccccc21. The second-order valence-electron chi connectivity index (χ2n) is 6.65. The van der Waals surface area contributed by atoms with Gasteiger partial charge in [-0.1, -0.05) is 30.3 Å². The molecule has 27 heavy (non-hydrogen) atoms. The van der Waals surface area contributed by atoms with E-state index < -0.39 is 0 Å². The molecule has 1 amide bonds. The second-order valence-corrected chi connectivity index (χ2v) is 7.54. The van der Waals surface area contributed by atoms with Crippen molar-refractivity contribution in [2.45, 2.75) is 19.4 Å². The van der Waals surface area contributed by atoms with Gasteiger partial charge in [0.1, 0.15) is 6.54 Å². The van der Waals surface area contributed by atoms with Crippen LogP contribution in [0.3, 0.4) is 0 Å². The Hall–Kier alpha value is -2.99. The van der Waals surface area contributed by atoms with Gasteiger partial charge in [0.15, 0.2) is 5.82 Å². The number of para-hydroxylation sites is 3. The predicted octanol–water partition coefficient (Wildman–Crippen LogP) is 4.14. The summed E-state index contributed by atoms with van der Waals surface area (Å²) in [5.41, 5.74) is 5.95. The Kier molecular flexibility index (Phi) is 3.98. The summed E-state index contributed by atoms with van der Waals surface area (Å²) in [6.45, 7) is 1.03. The molecule has 0 fully saturated rings. The lowest BCUT2D eigenvalue weighted by molar-refractivity contribution is -0.119. The molecule has 0 radical (unpaired) electrons. The van der Waals surface area contributed by atoms with Crippen LogP contribution in [0.15, 0.2) is 60.2 Å². The molecule has 0 saturated carbocycles. The maximum absolute atomic E-state index is 13.3. The van der Waals surface area contributed by atoms with Gasteiger partial charge in [-0.05, 0) is 36.6 Å². The Labute approximate surface area is 160 Å². The normalized spacial score (nSPS) is 13.7. The Morgan fingerprint density at radius 3 is 2.85 bits per heavy atom. The molecule has 3 heterocycles. The molecule has 2 aromatic heterocycles. The van der Waals surface area contributed by atoms with Crippen molar-refractivity contribution < 1.29 is 4.79 Å². The first-order chi connectivity index (χ1) is 13.3. The number of aryl methyl sites for hydroxylation is 1. The number of anilines is 1. The van der Waals surface area contributed by atoms with Crippen molar-refractivity contribution in [1.82, 2.24) is 14.5 Å². The highest BCUT2D eigenvalue weighted by Gasteiger charge is 2.24. The van der Waals surface area contributed by atoms with Crippen LogP contribution in [0.25, 0.3) is 21.7 Å². The molecule has 0 aliphatic carbocycles. The molecule has 0 spiro atoms. The van der Waals surface area contributed by atoms with Crippen LogP contribution in [0.2, 0.25) is 0 Å². The minimum atomic E-state index is 0.0936. The number of hydrogen-bond acceptors (Lipinski definition) is 4. The van der Waals surface area contributed by atoms with E-state index in [1.165, 1.54) is 16.9 Å². The van der Waals surface area contributed by atoms with Crippen LogP contribution >= 0.6 is 11.3 Å². The Balaban J connectivity index is 1.55. The van der Waals surface area contributed by atoms with E-state index in [-0.39, 0.29) is 12.5 Å². The third-order valence-electron chi connectivity index (χ3n) is 5.01. The highest BCUT2D eigenvalue weighted by atomic mass is 32.1. The summed E-state index contributed by atoms with van der Waals surface area (Å²) in [4.78, 5) is 25.1. The third kappa shape index (κ3) is 2.82. The van der Waals surface area contributed by atoms with Gasteiger partial charge in [-0.2, -0.15) is 0 Å². The molecule has 0 bridgehead atoms. The third-order valence-corrected chi connectivity index (χ3v) is 5.78. The van der Waals surface area contributed by atoms with Crippen molar-refractivity contribution in [2.24, 2.45) is 0 Å². The maximum atomic E-state index is 13.3. The molecule has 2 aromatic carbocycles. The molecule has 134 valence electrons. The topological polar surface area (TPSA) is 51.0 Å². The monoisotopic (exact) mass is 374 g/mol. The van der Waals surface area contributed by atoms with Gasteiger partial charge in [0.25, 0.3) is 0 Å². The van der Waals surface area contributed by atoms with Gasteiger partial charge in [-0.3, -0.25) is 9.78 Å². The lowest BCUT2D eigenvalue weighted by atomic mass is 10.0. The molecule has 0 N–H and O–H groups in total. The van der Waals surface area contributed by atoms with E-state index >= 15 is 0 Å². The van der Waals surface area contributed by atoms with Crippen LogP contribution in [-0.2, 0) is 17.8 Å². The minimum Gasteiger partial charge on any atom is -0.314 e. The van der Waals surface area contributed by atoms with Crippen LogP contribution in [0.1, 0.15) is 12.0 Å². The minimum absolute atomic E-state index is 0.0936. The summed E-state index contributed by atoms with van der Waals surface area (Å²) in [5.74, 6) is 0.897. The zero-order valence-corrected chi connectivity index (χ0v) is 15.5. The van der Waals surface area contributed by atoms with Crippen molar-refractivity contribution in [3.63, 3.8) is 0 Å². The van der Waals surface area contributed by atoms with Gasteiger partial charge in [0.2, 0.25) is 5.91 Å². The van der Waals surface area contributed by atoms with Crippen LogP contribution < -0.4 is 4.90 Å². The summed E-state index contributed by atoms with van der Waals surface area (Å²) >= 11 is 1.54. The number of aromatic nitrogens is 3. The van der Waals surface area contributed by atoms with E-state index in [9.17, 15) is 4.79 Å². The Morgan fingerprint density at radius 1 is 1.11 bits per heavy atom. The number of thiazole rings is 1. The molecule has 0 atom stereocenters. The number of carbonyl (C=O) groups excluding carboxylic acids is 1. The number of hydrogen-bond donors (Lipinski definition) is 0. The molecule has 5 rings (SSSR count). The van der Waals surface area contributed by atoms with E-state index in [1.54, 1.807) is 5.51 Å². The fourth-order valence-corrected chi connectivity index (χ4v) is 4.38. The first-order valence-corrected chi connectivity index (χ1v) is 9.91. The number of benzene rings is 2. The fraction of sp³-hybridized carbons (Fsp3) is 0.190. The molecule has 5 nitrogen and oxygen atoms in total. The van der Waals surface area contributed by atoms with Crippen molar-refractivity contribution in [3.05, 3.63) is 65.8 Å². The van der Waals surface area contributed by atoms with Crippen LogP contribution in [0.5, 0.6) is 0 Å². The standard InChI is InChI=1S/C21H18N4OS/c26-20(24-11-5-7-15-6-1-3-9-17(15)24)13-25-18-10-4-2-8-16(18)23-21(25)19-12-22-14-27-19/h1-4,6,8-10,12,14H,5,7,11,13H2. The number of carbonyl (C=O) groups is 1. The fourth-order valence-electron chi connectivity index (χ4n) is 3.76. The number of nitrogens with zero attached hydrogens (tertiary/aromatic N) is 4. The van der Waals surface area contributed by atoms with E-state index in [0.717, 1.165) is 46.8 Å². The highest BCUT2D eigenvalue weighted by Crippen LogP contribution is 2.30. The largest absolute Gasteiger partial charge is 0.314 e. The lowest BCUT2D eigenvalue weighted by Crippen LogP contribution is -2.37. The van der Waals surface area contributed by atoms with E-state index in [1.807, 2.05) is 58.1 Å². The smallest absolute Gasteiger partial charge is 0.247 e. The van der Waals surface area contributed by atoms with E-state index in [4.69, 9.17) is 4.98 Å². The average Bonchev–Trinajstić information content (AvgIpc) is 3.36. The average molecular weight is 374 g/mol. The van der Waals surface area contributed by atoms with Gasteiger partial charge in [0, 0.05) is 18.4 Å². The summed E-state index contributed by atoms with van der Waals surface area (Å²) in [5, 5.41) is 0. The lowest BCUT2D eigenvalue weighted by Gasteiger charge is -2.29. The number of amides is 1. The molecule has 1 aliphatic heterocycles. The van der Waals surface area contributed by atoms with Gasteiger partial charge in [0.05, 0.1) is 21.4 Å². The van der Waals surface area contributed by atoms with Gasteiger partial charge < -0.3 is 9.47 Å². The molecule has 6 heteroatoms. The molecule has 4 aromatic rings. The molecular formula is C21H18N4OS. The Bertz CT molecular complexity index is 1120. The summed E-state index contributed by atoms with van der Waals surface area (Å²) in [7, 11) is 0. The predicted molar refractivity (Wildman–Crippen MR) is 108 cm³/mol. The first-order valence-electron chi connectivity index (χ1n) is 9.03. The van der Waals surface area contributed by atoms with Gasteiger partial charge in [-0.15, -0.1) is 11.3 Å². The van der Waals surface area contributed by atoms with Crippen LogP contribution in [0, 0.1) is 0 Å². The van der Waals surface area contributed by atoms with Crippen molar-refractivity contribution in [3.8, 4) is 10.7 Å². The van der Waals surface area contributed by atoms with Crippen LogP contribution in [0.4, 0.5) is 5.69 Å². The molecule has 0 unspecified atom stereocenters. The second kappa shape index (κ2) is 6.63. The summed E-state index contributed by atoms with van der Waals surface area (Å²) in [6.07, 6.45) is 3.83. The zero-order chi connectivity index (χ0) is 18.2. The quantitative estimate of drug-likeness (QED) is 0.542.